The molecule has 1 atom stereocenters. The van der Waals surface area contributed by atoms with Crippen LogP contribution in [0.5, 0.6) is 5.75 Å². The fourth-order valence-corrected chi connectivity index (χ4v) is 4.62. The zero-order valence-corrected chi connectivity index (χ0v) is 22.7. The van der Waals surface area contributed by atoms with Crippen LogP contribution in [0.2, 0.25) is 0 Å². The second-order valence-electron chi connectivity index (χ2n) is 10.1. The number of anilines is 2. The Hall–Kier alpha value is -3.44. The number of rotatable bonds is 6. The molecule has 2 aromatic carbocycles. The molecule has 0 radical (unpaired) electrons. The van der Waals surface area contributed by atoms with Crippen LogP contribution in [-0.2, 0) is 11.3 Å². The number of amides is 1. The number of fused-ring (bicyclic) bond motifs is 1. The lowest BCUT2D eigenvalue weighted by molar-refractivity contribution is 0.0275. The Bertz CT molecular complexity index is 1330. The molecule has 194 valence electrons. The van der Waals surface area contributed by atoms with Gasteiger partial charge in [0.15, 0.2) is 0 Å². The van der Waals surface area contributed by atoms with E-state index in [0.717, 1.165) is 33.0 Å². The molecule has 5 rings (SSSR count). The first-order valence-corrected chi connectivity index (χ1v) is 13.0. The number of nitrogens with one attached hydrogen (secondary N) is 2. The number of benzene rings is 2. The van der Waals surface area contributed by atoms with Gasteiger partial charge in [0.2, 0.25) is 5.95 Å². The molecule has 1 amide bonds. The first-order valence-electron chi connectivity index (χ1n) is 12.2. The van der Waals surface area contributed by atoms with Crippen molar-refractivity contribution in [3.8, 4) is 5.75 Å². The Labute approximate surface area is 224 Å². The third-order valence-electron chi connectivity index (χ3n) is 5.85. The number of hydrogen-bond donors (Lipinski definition) is 2. The molecule has 2 N–H and O–H groups in total. The average Bonchev–Trinajstić information content (AvgIpc) is 3.51. The maximum absolute atomic E-state index is 12.4. The number of carbonyl (C=O) groups excluding carboxylic acids is 1. The van der Waals surface area contributed by atoms with Crippen molar-refractivity contribution in [2.24, 2.45) is 4.99 Å². The van der Waals surface area contributed by atoms with Gasteiger partial charge in [0, 0.05) is 36.3 Å². The van der Waals surface area contributed by atoms with Gasteiger partial charge in [0.1, 0.15) is 30.5 Å². The number of carbonyl (C=O) groups is 1. The SMILES string of the molecule is CC(C)(C)OC(=O)N1CC[C@@H](Oc2cc3nc(Nc4cccc(CN5C=NCN5)c4)ncc3cc2Br)C1. The number of aliphatic imine (C=N–C) groups is 1. The molecule has 0 saturated carbocycles. The molecule has 2 aliphatic rings. The average molecular weight is 568 g/mol. The van der Waals surface area contributed by atoms with E-state index in [9.17, 15) is 4.79 Å². The number of hydrogen-bond acceptors (Lipinski definition) is 9. The van der Waals surface area contributed by atoms with E-state index in [0.29, 0.717) is 38.0 Å². The van der Waals surface area contributed by atoms with Crippen LogP contribution in [0.1, 0.15) is 32.8 Å². The van der Waals surface area contributed by atoms with Crippen LogP contribution in [0.15, 0.2) is 52.1 Å². The van der Waals surface area contributed by atoms with E-state index in [4.69, 9.17) is 14.5 Å². The van der Waals surface area contributed by atoms with E-state index in [1.54, 1.807) is 17.4 Å². The summed E-state index contributed by atoms with van der Waals surface area (Å²) in [7, 11) is 0. The summed E-state index contributed by atoms with van der Waals surface area (Å²) in [6.45, 7) is 7.98. The number of aromatic nitrogens is 2. The fourth-order valence-electron chi connectivity index (χ4n) is 4.16. The van der Waals surface area contributed by atoms with Gasteiger partial charge in [-0.1, -0.05) is 12.1 Å². The van der Waals surface area contributed by atoms with Crippen LogP contribution in [0.3, 0.4) is 0 Å². The van der Waals surface area contributed by atoms with Gasteiger partial charge in [-0.05, 0) is 60.5 Å². The molecule has 10 nitrogen and oxygen atoms in total. The fraction of sp³-hybridized carbons (Fsp3) is 0.385. The lowest BCUT2D eigenvalue weighted by atomic mass is 10.2. The second-order valence-corrected chi connectivity index (χ2v) is 10.9. The lowest BCUT2D eigenvalue weighted by Gasteiger charge is -2.24. The minimum Gasteiger partial charge on any atom is -0.487 e. The van der Waals surface area contributed by atoms with E-state index in [-0.39, 0.29) is 12.2 Å². The van der Waals surface area contributed by atoms with E-state index >= 15 is 0 Å². The van der Waals surface area contributed by atoms with E-state index < -0.39 is 5.60 Å². The van der Waals surface area contributed by atoms with Crippen molar-refractivity contribution in [2.45, 2.75) is 45.4 Å². The van der Waals surface area contributed by atoms with E-state index in [1.165, 1.54) is 0 Å². The molecule has 2 aliphatic heterocycles. The second kappa shape index (κ2) is 10.5. The van der Waals surface area contributed by atoms with Crippen molar-refractivity contribution in [1.29, 1.82) is 0 Å². The molecule has 0 bridgehead atoms. The molecule has 37 heavy (non-hydrogen) atoms. The number of ether oxygens (including phenoxy) is 2. The largest absolute Gasteiger partial charge is 0.487 e. The molecule has 1 fully saturated rings. The van der Waals surface area contributed by atoms with Gasteiger partial charge in [0.05, 0.1) is 23.1 Å². The number of halogens is 1. The molecule has 11 heteroatoms. The zero-order valence-electron chi connectivity index (χ0n) is 21.1. The topological polar surface area (TPSA) is 104 Å². The van der Waals surface area contributed by atoms with Crippen molar-refractivity contribution < 1.29 is 14.3 Å². The van der Waals surface area contributed by atoms with Gasteiger partial charge < -0.3 is 19.7 Å². The van der Waals surface area contributed by atoms with Crippen molar-refractivity contribution in [2.75, 3.05) is 25.1 Å². The quantitative estimate of drug-likeness (QED) is 0.436. The highest BCUT2D eigenvalue weighted by molar-refractivity contribution is 9.10. The molecule has 3 aromatic rings. The minimum absolute atomic E-state index is 0.126. The Kier molecular flexibility index (Phi) is 7.16. The van der Waals surface area contributed by atoms with Crippen molar-refractivity contribution >= 4 is 50.9 Å². The van der Waals surface area contributed by atoms with Crippen LogP contribution in [0, 0.1) is 0 Å². The number of likely N-dealkylation sites (tertiary alicyclic amines) is 1. The molecule has 0 unspecified atom stereocenters. The third kappa shape index (κ3) is 6.47. The standard InChI is InChI=1S/C26H30BrN7O3/c1-26(2,3)37-25(35)33-8-7-20(14-33)36-23-11-22-18(10-21(23)27)12-29-24(32-22)31-19-6-4-5-17(9-19)13-34-16-28-15-30-34/h4-6,9-12,16,20,30H,7-8,13-15H2,1-3H3,(H,29,31,32)/t20-/m1/s1. The normalized spacial score (nSPS) is 17.5. The Balaban J connectivity index is 1.27. The summed E-state index contributed by atoms with van der Waals surface area (Å²) in [5.41, 5.74) is 5.43. The minimum atomic E-state index is -0.524. The van der Waals surface area contributed by atoms with Crippen molar-refractivity contribution in [3.63, 3.8) is 0 Å². The van der Waals surface area contributed by atoms with Crippen molar-refractivity contribution in [3.05, 3.63) is 52.6 Å². The molecule has 3 heterocycles. The first-order chi connectivity index (χ1) is 17.7. The molecule has 0 aliphatic carbocycles. The Morgan fingerprint density at radius 3 is 2.92 bits per heavy atom. The van der Waals surface area contributed by atoms with Gasteiger partial charge >= 0.3 is 6.09 Å². The van der Waals surface area contributed by atoms with Gasteiger partial charge in [-0.25, -0.2) is 20.2 Å². The predicted octanol–water partition coefficient (Wildman–Crippen LogP) is 4.83. The monoisotopic (exact) mass is 567 g/mol. The van der Waals surface area contributed by atoms with Crippen LogP contribution < -0.4 is 15.5 Å². The van der Waals surface area contributed by atoms with Gasteiger partial charge in [-0.2, -0.15) is 0 Å². The molecular formula is C26H30BrN7O3. The number of nitrogens with zero attached hydrogens (tertiary/aromatic N) is 5. The summed E-state index contributed by atoms with van der Waals surface area (Å²) >= 11 is 3.60. The summed E-state index contributed by atoms with van der Waals surface area (Å²) in [4.78, 5) is 27.4. The molecular weight excluding hydrogens is 538 g/mol. The highest BCUT2D eigenvalue weighted by Gasteiger charge is 2.31. The van der Waals surface area contributed by atoms with Gasteiger partial charge in [-0.15, -0.1) is 0 Å². The summed E-state index contributed by atoms with van der Waals surface area (Å²) in [5, 5.41) is 6.14. The summed E-state index contributed by atoms with van der Waals surface area (Å²) in [6, 6.07) is 12.0. The maximum Gasteiger partial charge on any atom is 0.410 e. The van der Waals surface area contributed by atoms with Gasteiger partial charge in [-0.3, -0.25) is 10.0 Å². The van der Waals surface area contributed by atoms with Crippen LogP contribution >= 0.6 is 15.9 Å². The zero-order chi connectivity index (χ0) is 26.0. The van der Waals surface area contributed by atoms with Gasteiger partial charge in [0.25, 0.3) is 0 Å². The highest BCUT2D eigenvalue weighted by Crippen LogP contribution is 2.32. The Morgan fingerprint density at radius 1 is 1.27 bits per heavy atom. The van der Waals surface area contributed by atoms with Crippen LogP contribution in [0.4, 0.5) is 16.4 Å². The van der Waals surface area contributed by atoms with Crippen LogP contribution in [-0.4, -0.2) is 63.8 Å². The van der Waals surface area contributed by atoms with E-state index in [1.807, 2.05) is 50.0 Å². The van der Waals surface area contributed by atoms with E-state index in [2.05, 4.69) is 48.8 Å². The lowest BCUT2D eigenvalue weighted by Crippen LogP contribution is -2.36. The number of hydrazine groups is 1. The summed E-state index contributed by atoms with van der Waals surface area (Å²) in [6.07, 6.45) is 3.88. The third-order valence-corrected chi connectivity index (χ3v) is 6.47. The highest BCUT2D eigenvalue weighted by atomic mass is 79.9. The Morgan fingerprint density at radius 2 is 2.14 bits per heavy atom. The van der Waals surface area contributed by atoms with Crippen LogP contribution in [0.25, 0.3) is 10.9 Å². The molecule has 0 spiro atoms. The maximum atomic E-state index is 12.4. The first kappa shape index (κ1) is 25.2. The smallest absolute Gasteiger partial charge is 0.410 e. The summed E-state index contributed by atoms with van der Waals surface area (Å²) < 4.78 is 12.6. The predicted molar refractivity (Wildman–Crippen MR) is 146 cm³/mol. The molecule has 1 aromatic heterocycles. The summed E-state index contributed by atoms with van der Waals surface area (Å²) in [5.74, 6) is 1.17. The molecule has 1 saturated heterocycles. The van der Waals surface area contributed by atoms with Crippen molar-refractivity contribution in [1.82, 2.24) is 25.3 Å².